The number of phenols is 1. The minimum atomic E-state index is 0.167. The van der Waals surface area contributed by atoms with Crippen LogP contribution in [0.5, 0.6) is 5.75 Å². The molecule has 0 fully saturated rings. The first-order valence-corrected chi connectivity index (χ1v) is 5.32. The minimum absolute atomic E-state index is 0.167. The van der Waals surface area contributed by atoms with Crippen LogP contribution in [0.1, 0.15) is 39.2 Å². The predicted molar refractivity (Wildman–Crippen MR) is 63.1 cm³/mol. The summed E-state index contributed by atoms with van der Waals surface area (Å²) in [5.41, 5.74) is 1.06. The van der Waals surface area contributed by atoms with Gasteiger partial charge in [-0.3, -0.25) is 0 Å². The Hall–Kier alpha value is -1.31. The molecule has 1 rings (SSSR count). The van der Waals surface area contributed by atoms with Gasteiger partial charge in [-0.1, -0.05) is 31.5 Å². The quantitative estimate of drug-likeness (QED) is 0.827. The number of carbonyl (C=O) groups is 1. The summed E-state index contributed by atoms with van der Waals surface area (Å²) >= 11 is 0. The lowest BCUT2D eigenvalue weighted by Gasteiger charge is -2.01. The van der Waals surface area contributed by atoms with E-state index in [0.717, 1.165) is 18.4 Å². The van der Waals surface area contributed by atoms with Crippen LogP contribution in [0.15, 0.2) is 24.3 Å². The van der Waals surface area contributed by atoms with E-state index in [-0.39, 0.29) is 5.78 Å². The molecule has 0 aromatic heterocycles. The maximum atomic E-state index is 9.44. The number of rotatable bonds is 3. The summed E-state index contributed by atoms with van der Waals surface area (Å²) < 4.78 is 0. The Balaban J connectivity index is 0.000000423. The average molecular weight is 208 g/mol. The van der Waals surface area contributed by atoms with Gasteiger partial charge in [-0.25, -0.2) is 0 Å². The lowest BCUT2D eigenvalue weighted by atomic mass is 10.1. The van der Waals surface area contributed by atoms with Gasteiger partial charge in [-0.15, -0.1) is 0 Å². The van der Waals surface area contributed by atoms with Crippen LogP contribution in [0.2, 0.25) is 0 Å². The Labute approximate surface area is 91.9 Å². The first-order valence-electron chi connectivity index (χ1n) is 5.32. The number of benzene rings is 1. The van der Waals surface area contributed by atoms with Gasteiger partial charge in [0.2, 0.25) is 0 Å². The number of hydrogen-bond donors (Lipinski definition) is 1. The summed E-state index contributed by atoms with van der Waals surface area (Å²) in [6, 6.07) is 7.53. The molecular formula is C13H20O2. The van der Waals surface area contributed by atoms with Crippen LogP contribution in [0.3, 0.4) is 0 Å². The highest BCUT2D eigenvalue weighted by molar-refractivity contribution is 5.72. The van der Waals surface area contributed by atoms with Crippen LogP contribution in [0.4, 0.5) is 0 Å². The molecule has 0 heterocycles. The standard InChI is InChI=1S/C10H14O.C3H6O/c1-2-3-6-9-7-4-5-8-10(9)11;1-3(2)4/h4-5,7-8,11H,2-3,6H2,1H3;1-2H3. The fourth-order valence-electron chi connectivity index (χ4n) is 1.09. The molecule has 0 saturated heterocycles. The van der Waals surface area contributed by atoms with Gasteiger partial charge >= 0.3 is 0 Å². The zero-order chi connectivity index (χ0) is 11.7. The van der Waals surface area contributed by atoms with E-state index in [9.17, 15) is 9.90 Å². The first kappa shape index (κ1) is 13.7. The van der Waals surface area contributed by atoms with Crippen molar-refractivity contribution in [2.45, 2.75) is 40.0 Å². The summed E-state index contributed by atoms with van der Waals surface area (Å²) in [6.07, 6.45) is 3.31. The molecular weight excluding hydrogens is 188 g/mol. The van der Waals surface area contributed by atoms with Crippen molar-refractivity contribution < 1.29 is 9.90 Å². The predicted octanol–water partition coefficient (Wildman–Crippen LogP) is 3.33. The Bertz CT molecular complexity index is 288. The van der Waals surface area contributed by atoms with Gasteiger partial charge in [0, 0.05) is 0 Å². The second-order valence-corrected chi connectivity index (χ2v) is 3.64. The fourth-order valence-corrected chi connectivity index (χ4v) is 1.09. The molecule has 2 nitrogen and oxygen atoms in total. The van der Waals surface area contributed by atoms with Crippen molar-refractivity contribution in [3.63, 3.8) is 0 Å². The fraction of sp³-hybridized carbons (Fsp3) is 0.462. The number of hydrogen-bond acceptors (Lipinski definition) is 2. The lowest BCUT2D eigenvalue weighted by molar-refractivity contribution is -0.114. The number of phenolic OH excluding ortho intramolecular Hbond substituents is 1. The molecule has 1 aromatic rings. The largest absolute Gasteiger partial charge is 0.508 e. The number of aryl methyl sites for hydroxylation is 1. The van der Waals surface area contributed by atoms with Crippen molar-refractivity contribution in [2.24, 2.45) is 0 Å². The van der Waals surface area contributed by atoms with E-state index in [1.54, 1.807) is 6.07 Å². The Kier molecular flexibility index (Phi) is 7.33. The van der Waals surface area contributed by atoms with Crippen LogP contribution in [-0.4, -0.2) is 10.9 Å². The van der Waals surface area contributed by atoms with Crippen molar-refractivity contribution in [2.75, 3.05) is 0 Å². The van der Waals surface area contributed by atoms with E-state index < -0.39 is 0 Å². The van der Waals surface area contributed by atoms with Crippen LogP contribution < -0.4 is 0 Å². The third-order valence-corrected chi connectivity index (χ3v) is 1.79. The molecule has 0 aliphatic carbocycles. The van der Waals surface area contributed by atoms with Crippen molar-refractivity contribution in [3.05, 3.63) is 29.8 Å². The third-order valence-electron chi connectivity index (χ3n) is 1.79. The Morgan fingerprint density at radius 1 is 1.27 bits per heavy atom. The number of para-hydroxylation sites is 1. The van der Waals surface area contributed by atoms with Gasteiger partial charge in [0.15, 0.2) is 0 Å². The van der Waals surface area contributed by atoms with E-state index in [2.05, 4.69) is 6.92 Å². The molecule has 1 aromatic carbocycles. The molecule has 0 aliphatic rings. The Morgan fingerprint density at radius 2 is 1.80 bits per heavy atom. The molecule has 0 atom stereocenters. The number of carbonyl (C=O) groups excluding carboxylic acids is 1. The summed E-state index contributed by atoms with van der Waals surface area (Å²) in [4.78, 5) is 9.44. The summed E-state index contributed by atoms with van der Waals surface area (Å²) in [6.45, 7) is 5.21. The summed E-state index contributed by atoms with van der Waals surface area (Å²) in [7, 11) is 0. The van der Waals surface area contributed by atoms with E-state index >= 15 is 0 Å². The van der Waals surface area contributed by atoms with E-state index in [0.29, 0.717) is 5.75 Å². The SMILES string of the molecule is CC(C)=O.CCCCc1ccccc1O. The van der Waals surface area contributed by atoms with Crippen molar-refractivity contribution >= 4 is 5.78 Å². The van der Waals surface area contributed by atoms with E-state index in [1.807, 2.05) is 18.2 Å². The van der Waals surface area contributed by atoms with Gasteiger partial charge in [0.05, 0.1) is 0 Å². The van der Waals surface area contributed by atoms with E-state index in [1.165, 1.54) is 20.3 Å². The van der Waals surface area contributed by atoms with Crippen molar-refractivity contribution in [1.82, 2.24) is 0 Å². The highest BCUT2D eigenvalue weighted by Gasteiger charge is 1.96. The van der Waals surface area contributed by atoms with E-state index in [4.69, 9.17) is 0 Å². The van der Waals surface area contributed by atoms with Gasteiger partial charge < -0.3 is 9.90 Å². The summed E-state index contributed by atoms with van der Waals surface area (Å²) in [5, 5.41) is 9.34. The zero-order valence-corrected chi connectivity index (χ0v) is 9.79. The second kappa shape index (κ2) is 8.04. The highest BCUT2D eigenvalue weighted by Crippen LogP contribution is 2.17. The van der Waals surface area contributed by atoms with Crippen molar-refractivity contribution in [3.8, 4) is 5.75 Å². The minimum Gasteiger partial charge on any atom is -0.508 e. The lowest BCUT2D eigenvalue weighted by Crippen LogP contribution is -1.83. The molecule has 0 unspecified atom stereocenters. The third kappa shape index (κ3) is 7.74. The van der Waals surface area contributed by atoms with Crippen LogP contribution in [-0.2, 0) is 11.2 Å². The number of Topliss-reactive ketones (excluding diaryl/α,β-unsaturated/α-hetero) is 1. The monoisotopic (exact) mass is 208 g/mol. The Morgan fingerprint density at radius 3 is 2.27 bits per heavy atom. The van der Waals surface area contributed by atoms with Gasteiger partial charge in [0.1, 0.15) is 11.5 Å². The molecule has 1 N–H and O–H groups in total. The smallest absolute Gasteiger partial charge is 0.126 e. The normalized spacial score (nSPS) is 9.00. The zero-order valence-electron chi connectivity index (χ0n) is 9.79. The molecule has 0 spiro atoms. The maximum Gasteiger partial charge on any atom is 0.126 e. The number of aromatic hydroxyl groups is 1. The molecule has 2 heteroatoms. The molecule has 15 heavy (non-hydrogen) atoms. The molecule has 0 saturated carbocycles. The average Bonchev–Trinajstić information content (AvgIpc) is 2.16. The number of unbranched alkanes of at least 4 members (excludes halogenated alkanes) is 1. The topological polar surface area (TPSA) is 37.3 Å². The first-order chi connectivity index (χ1) is 7.07. The molecule has 0 amide bonds. The molecule has 0 bridgehead atoms. The maximum absolute atomic E-state index is 9.44. The van der Waals surface area contributed by atoms with Crippen molar-refractivity contribution in [1.29, 1.82) is 0 Å². The second-order valence-electron chi connectivity index (χ2n) is 3.64. The van der Waals surface area contributed by atoms with Gasteiger partial charge in [-0.2, -0.15) is 0 Å². The van der Waals surface area contributed by atoms with Gasteiger partial charge in [-0.05, 0) is 38.3 Å². The molecule has 84 valence electrons. The van der Waals surface area contributed by atoms with Crippen LogP contribution in [0, 0.1) is 0 Å². The van der Waals surface area contributed by atoms with Gasteiger partial charge in [0.25, 0.3) is 0 Å². The van der Waals surface area contributed by atoms with Crippen LogP contribution in [0.25, 0.3) is 0 Å². The number of ketones is 1. The van der Waals surface area contributed by atoms with Crippen LogP contribution >= 0.6 is 0 Å². The molecule has 0 aliphatic heterocycles. The molecule has 0 radical (unpaired) electrons. The summed E-state index contributed by atoms with van der Waals surface area (Å²) in [5.74, 6) is 0.598. The highest BCUT2D eigenvalue weighted by atomic mass is 16.3.